The lowest BCUT2D eigenvalue weighted by Gasteiger charge is -2.36. The lowest BCUT2D eigenvalue weighted by Crippen LogP contribution is -2.53. The second-order valence-corrected chi connectivity index (χ2v) is 6.23. The number of nitrogens with zero attached hydrogens (tertiary/aromatic N) is 2. The minimum atomic E-state index is -0.297. The van der Waals surface area contributed by atoms with Crippen molar-refractivity contribution in [2.75, 3.05) is 32.7 Å². The minimum absolute atomic E-state index is 0.0406. The van der Waals surface area contributed by atoms with Gasteiger partial charge in [0.2, 0.25) is 11.8 Å². The van der Waals surface area contributed by atoms with E-state index in [4.69, 9.17) is 0 Å². The van der Waals surface area contributed by atoms with Crippen molar-refractivity contribution in [3.05, 3.63) is 35.6 Å². The summed E-state index contributed by atoms with van der Waals surface area (Å²) in [6.45, 7) is 3.33. The zero-order valence-corrected chi connectivity index (χ0v) is 13.1. The summed E-state index contributed by atoms with van der Waals surface area (Å²) in [6.07, 6.45) is 1.69. The number of benzene rings is 1. The quantitative estimate of drug-likeness (QED) is 0.904. The number of halogens is 1. The maximum Gasteiger partial charge on any atom is 0.242 e. The van der Waals surface area contributed by atoms with Gasteiger partial charge in [-0.05, 0) is 43.6 Å². The van der Waals surface area contributed by atoms with E-state index in [0.29, 0.717) is 19.6 Å². The summed E-state index contributed by atoms with van der Waals surface area (Å²) < 4.78 is 13.2. The highest BCUT2D eigenvalue weighted by Gasteiger charge is 2.31. The maximum atomic E-state index is 13.2. The van der Waals surface area contributed by atoms with Crippen LogP contribution in [0.15, 0.2) is 24.3 Å². The molecule has 0 spiro atoms. The molecule has 5 nitrogen and oxygen atoms in total. The first kappa shape index (κ1) is 15.9. The van der Waals surface area contributed by atoms with Gasteiger partial charge in [-0.2, -0.15) is 0 Å². The van der Waals surface area contributed by atoms with Crippen molar-refractivity contribution in [3.8, 4) is 0 Å². The van der Waals surface area contributed by atoms with Gasteiger partial charge in [0.05, 0.1) is 6.54 Å². The highest BCUT2D eigenvalue weighted by molar-refractivity contribution is 5.87. The smallest absolute Gasteiger partial charge is 0.242 e. The number of hydrogen-bond acceptors (Lipinski definition) is 3. The van der Waals surface area contributed by atoms with E-state index in [0.717, 1.165) is 31.5 Å². The first-order valence-electron chi connectivity index (χ1n) is 8.15. The molecule has 6 heteroatoms. The van der Waals surface area contributed by atoms with E-state index < -0.39 is 0 Å². The van der Waals surface area contributed by atoms with Crippen molar-refractivity contribution in [2.45, 2.75) is 19.4 Å². The Hall–Kier alpha value is -1.95. The van der Waals surface area contributed by atoms with Crippen molar-refractivity contribution in [3.63, 3.8) is 0 Å². The lowest BCUT2D eigenvalue weighted by molar-refractivity contribution is -0.148. The van der Waals surface area contributed by atoms with Gasteiger partial charge in [-0.15, -0.1) is 0 Å². The zero-order valence-electron chi connectivity index (χ0n) is 13.1. The Morgan fingerprint density at radius 3 is 2.74 bits per heavy atom. The Kier molecular flexibility index (Phi) is 4.91. The average molecular weight is 319 g/mol. The van der Waals surface area contributed by atoms with Crippen molar-refractivity contribution in [1.82, 2.24) is 15.1 Å². The average Bonchev–Trinajstić information content (AvgIpc) is 2.57. The third-order valence-electron chi connectivity index (χ3n) is 4.58. The highest BCUT2D eigenvalue weighted by Crippen LogP contribution is 2.18. The molecule has 2 aliphatic heterocycles. The second kappa shape index (κ2) is 7.08. The van der Waals surface area contributed by atoms with Gasteiger partial charge in [-0.3, -0.25) is 9.59 Å². The summed E-state index contributed by atoms with van der Waals surface area (Å²) in [6, 6.07) is 6.29. The summed E-state index contributed by atoms with van der Waals surface area (Å²) in [5.41, 5.74) is 0.775. The number of rotatable bonds is 3. The summed E-state index contributed by atoms with van der Waals surface area (Å²) in [7, 11) is 0. The molecule has 0 radical (unpaired) electrons. The standard InChI is InChI=1S/C17H22FN3O2/c18-15-3-1-2-13(10-15)11-20-8-9-21(12-16(20)22)17(23)14-4-6-19-7-5-14/h1-3,10,14,19H,4-9,11-12H2. The molecule has 2 saturated heterocycles. The van der Waals surface area contributed by atoms with Crippen LogP contribution in [0.25, 0.3) is 0 Å². The van der Waals surface area contributed by atoms with Gasteiger partial charge in [0.15, 0.2) is 0 Å². The van der Waals surface area contributed by atoms with Crippen LogP contribution in [0.3, 0.4) is 0 Å². The van der Waals surface area contributed by atoms with Crippen LogP contribution in [0.2, 0.25) is 0 Å². The van der Waals surface area contributed by atoms with Crippen LogP contribution in [-0.4, -0.2) is 54.3 Å². The van der Waals surface area contributed by atoms with Crippen LogP contribution in [0, 0.1) is 11.7 Å². The Labute approximate surface area is 135 Å². The van der Waals surface area contributed by atoms with Crippen molar-refractivity contribution in [1.29, 1.82) is 0 Å². The summed E-state index contributed by atoms with van der Waals surface area (Å²) in [5, 5.41) is 3.24. The van der Waals surface area contributed by atoms with E-state index in [2.05, 4.69) is 5.32 Å². The minimum Gasteiger partial charge on any atom is -0.335 e. The molecule has 3 rings (SSSR count). The van der Waals surface area contributed by atoms with E-state index in [1.54, 1.807) is 15.9 Å². The normalized spacial score (nSPS) is 20.0. The summed E-state index contributed by atoms with van der Waals surface area (Å²) >= 11 is 0. The number of nitrogens with one attached hydrogen (secondary N) is 1. The predicted octanol–water partition coefficient (Wildman–Crippen LogP) is 0.996. The SMILES string of the molecule is O=C1CN(C(=O)C2CCNCC2)CCN1Cc1cccc(F)c1. The molecule has 0 aromatic heterocycles. The molecule has 0 atom stereocenters. The molecule has 2 fully saturated rings. The van der Waals surface area contributed by atoms with Gasteiger partial charge in [0.1, 0.15) is 5.82 Å². The van der Waals surface area contributed by atoms with Gasteiger partial charge >= 0.3 is 0 Å². The fraction of sp³-hybridized carbons (Fsp3) is 0.529. The van der Waals surface area contributed by atoms with Crippen LogP contribution < -0.4 is 5.32 Å². The van der Waals surface area contributed by atoms with Crippen LogP contribution in [0.4, 0.5) is 4.39 Å². The van der Waals surface area contributed by atoms with Crippen molar-refractivity contribution >= 4 is 11.8 Å². The molecule has 1 aromatic rings. The van der Waals surface area contributed by atoms with Gasteiger partial charge in [0, 0.05) is 25.6 Å². The summed E-state index contributed by atoms with van der Waals surface area (Å²) in [4.78, 5) is 28.2. The fourth-order valence-corrected chi connectivity index (χ4v) is 3.25. The predicted molar refractivity (Wildman–Crippen MR) is 84.0 cm³/mol. The third kappa shape index (κ3) is 3.88. The van der Waals surface area contributed by atoms with Crippen LogP contribution in [-0.2, 0) is 16.1 Å². The molecular formula is C17H22FN3O2. The first-order chi connectivity index (χ1) is 11.1. The Balaban J connectivity index is 1.56. The highest BCUT2D eigenvalue weighted by atomic mass is 19.1. The zero-order chi connectivity index (χ0) is 16.2. The summed E-state index contributed by atoms with van der Waals surface area (Å²) in [5.74, 6) is -0.221. The monoisotopic (exact) mass is 319 g/mol. The van der Waals surface area contributed by atoms with Crippen molar-refractivity contribution in [2.24, 2.45) is 5.92 Å². The maximum absolute atomic E-state index is 13.2. The number of piperidine rings is 1. The Bertz CT molecular complexity index is 587. The van der Waals surface area contributed by atoms with Gasteiger partial charge in [0.25, 0.3) is 0 Å². The Morgan fingerprint density at radius 1 is 1.26 bits per heavy atom. The molecule has 1 N–H and O–H groups in total. The van der Waals surface area contributed by atoms with Gasteiger partial charge in [-0.1, -0.05) is 12.1 Å². The largest absolute Gasteiger partial charge is 0.335 e. The molecule has 2 aliphatic rings. The van der Waals surface area contributed by atoms with E-state index >= 15 is 0 Å². The molecule has 0 aliphatic carbocycles. The van der Waals surface area contributed by atoms with Crippen LogP contribution >= 0.6 is 0 Å². The number of piperazine rings is 1. The molecule has 0 saturated carbocycles. The molecule has 1 aromatic carbocycles. The second-order valence-electron chi connectivity index (χ2n) is 6.23. The molecule has 0 unspecified atom stereocenters. The number of carbonyl (C=O) groups is 2. The van der Waals surface area contributed by atoms with Gasteiger partial charge in [-0.25, -0.2) is 4.39 Å². The lowest BCUT2D eigenvalue weighted by atomic mass is 9.96. The van der Waals surface area contributed by atoms with E-state index in [9.17, 15) is 14.0 Å². The Morgan fingerprint density at radius 2 is 2.04 bits per heavy atom. The third-order valence-corrected chi connectivity index (χ3v) is 4.58. The van der Waals surface area contributed by atoms with Gasteiger partial charge < -0.3 is 15.1 Å². The molecule has 23 heavy (non-hydrogen) atoms. The molecular weight excluding hydrogens is 297 g/mol. The van der Waals surface area contributed by atoms with Crippen LogP contribution in [0.1, 0.15) is 18.4 Å². The van der Waals surface area contributed by atoms with E-state index in [1.807, 2.05) is 6.07 Å². The molecule has 2 amide bonds. The van der Waals surface area contributed by atoms with E-state index in [-0.39, 0.29) is 30.1 Å². The first-order valence-corrected chi connectivity index (χ1v) is 8.15. The fourth-order valence-electron chi connectivity index (χ4n) is 3.25. The molecule has 0 bridgehead atoms. The molecule has 2 heterocycles. The number of amides is 2. The van der Waals surface area contributed by atoms with Crippen LogP contribution in [0.5, 0.6) is 0 Å². The number of hydrogen-bond donors (Lipinski definition) is 1. The van der Waals surface area contributed by atoms with Crippen molar-refractivity contribution < 1.29 is 14.0 Å². The topological polar surface area (TPSA) is 52.7 Å². The molecule has 124 valence electrons. The van der Waals surface area contributed by atoms with E-state index in [1.165, 1.54) is 12.1 Å². The number of carbonyl (C=O) groups excluding carboxylic acids is 2.